The van der Waals surface area contributed by atoms with E-state index in [1.165, 1.54) is 6.07 Å². The quantitative estimate of drug-likeness (QED) is 0.400. The number of thiophene rings is 1. The topological polar surface area (TPSA) is 62.7 Å². The molecule has 0 aliphatic carbocycles. The first-order valence-corrected chi connectivity index (χ1v) is 10.9. The largest absolute Gasteiger partial charge is 0.355 e. The number of hydrogen-bond acceptors (Lipinski definition) is 5. The van der Waals surface area contributed by atoms with Gasteiger partial charge in [-0.05, 0) is 35.3 Å². The Balaban J connectivity index is 1.40. The number of aromatic nitrogens is 3. The number of carbonyl (C=O) groups is 1. The highest BCUT2D eigenvalue weighted by Gasteiger charge is 2.11. The number of carbonyl (C=O) groups excluding carboxylic acids is 1. The first-order chi connectivity index (χ1) is 13.1. The first kappa shape index (κ1) is 19.8. The van der Waals surface area contributed by atoms with E-state index in [4.69, 9.17) is 12.2 Å². The molecule has 1 amide bonds. The average Bonchev–Trinajstić information content (AvgIpc) is 3.31. The van der Waals surface area contributed by atoms with Crippen molar-refractivity contribution in [1.29, 1.82) is 0 Å². The average molecular weight is 423 g/mol. The Morgan fingerprint density at radius 3 is 2.96 bits per heavy atom. The van der Waals surface area contributed by atoms with E-state index in [0.717, 1.165) is 16.5 Å². The van der Waals surface area contributed by atoms with E-state index in [9.17, 15) is 9.18 Å². The van der Waals surface area contributed by atoms with Gasteiger partial charge in [-0.1, -0.05) is 24.3 Å². The second-order valence-electron chi connectivity index (χ2n) is 5.73. The van der Waals surface area contributed by atoms with Gasteiger partial charge in [0.05, 0.1) is 4.88 Å². The summed E-state index contributed by atoms with van der Waals surface area (Å²) in [6.45, 7) is 1.02. The van der Waals surface area contributed by atoms with Gasteiger partial charge in [0.15, 0.2) is 10.6 Å². The van der Waals surface area contributed by atoms with Crippen LogP contribution in [-0.4, -0.2) is 33.0 Å². The van der Waals surface area contributed by atoms with Crippen molar-refractivity contribution in [3.05, 3.63) is 57.9 Å². The van der Waals surface area contributed by atoms with Crippen molar-refractivity contribution in [3.63, 3.8) is 0 Å². The van der Waals surface area contributed by atoms with Gasteiger partial charge in [0.25, 0.3) is 0 Å². The van der Waals surface area contributed by atoms with Gasteiger partial charge < -0.3 is 5.32 Å². The molecule has 0 saturated carbocycles. The van der Waals surface area contributed by atoms with Gasteiger partial charge in [-0.2, -0.15) is 16.9 Å². The molecular weight excluding hydrogens is 403 g/mol. The van der Waals surface area contributed by atoms with E-state index >= 15 is 0 Å². The Bertz CT molecular complexity index is 936. The number of aromatic amines is 1. The summed E-state index contributed by atoms with van der Waals surface area (Å²) in [6.07, 6.45) is 0.324. The van der Waals surface area contributed by atoms with Crippen molar-refractivity contribution >= 4 is 41.2 Å². The van der Waals surface area contributed by atoms with Crippen LogP contribution in [0.25, 0.3) is 10.7 Å². The molecule has 1 aromatic carbocycles. The van der Waals surface area contributed by atoms with Crippen molar-refractivity contribution in [2.75, 3.05) is 12.3 Å². The molecule has 0 bridgehead atoms. The Hall–Kier alpha value is -1.97. The number of amides is 1. The van der Waals surface area contributed by atoms with Crippen molar-refractivity contribution in [2.24, 2.45) is 0 Å². The van der Waals surface area contributed by atoms with Gasteiger partial charge >= 0.3 is 0 Å². The summed E-state index contributed by atoms with van der Waals surface area (Å²) in [7, 11) is 0. The van der Waals surface area contributed by atoms with Gasteiger partial charge in [0.1, 0.15) is 5.82 Å². The minimum atomic E-state index is -0.188. The zero-order valence-electron chi connectivity index (χ0n) is 14.5. The molecule has 0 saturated heterocycles. The van der Waals surface area contributed by atoms with Crippen LogP contribution in [0, 0.1) is 10.6 Å². The third-order valence-corrected chi connectivity index (χ3v) is 6.03. The summed E-state index contributed by atoms with van der Waals surface area (Å²) in [5.41, 5.74) is 0.685. The lowest BCUT2D eigenvalue weighted by atomic mass is 10.2. The van der Waals surface area contributed by atoms with Crippen LogP contribution in [0.3, 0.4) is 0 Å². The maximum absolute atomic E-state index is 13.5. The fourth-order valence-electron chi connectivity index (χ4n) is 2.48. The predicted molar refractivity (Wildman–Crippen MR) is 111 cm³/mol. The Kier molecular flexibility index (Phi) is 7.19. The Morgan fingerprint density at radius 2 is 2.19 bits per heavy atom. The fourth-order valence-corrected chi connectivity index (χ4v) is 4.27. The molecule has 142 valence electrons. The second-order valence-corrected chi connectivity index (χ2v) is 8.16. The lowest BCUT2D eigenvalue weighted by Crippen LogP contribution is -2.26. The molecule has 5 nitrogen and oxygen atoms in total. The third-order valence-electron chi connectivity index (χ3n) is 3.85. The molecule has 0 aliphatic rings. The van der Waals surface area contributed by atoms with Crippen LogP contribution in [0.2, 0.25) is 0 Å². The van der Waals surface area contributed by atoms with Crippen molar-refractivity contribution in [2.45, 2.75) is 18.7 Å². The van der Waals surface area contributed by atoms with Crippen LogP contribution in [0.5, 0.6) is 0 Å². The van der Waals surface area contributed by atoms with E-state index < -0.39 is 0 Å². The van der Waals surface area contributed by atoms with Gasteiger partial charge in [0, 0.05) is 31.0 Å². The van der Waals surface area contributed by atoms with Crippen LogP contribution in [-0.2, 0) is 17.1 Å². The molecule has 0 fully saturated rings. The highest BCUT2D eigenvalue weighted by molar-refractivity contribution is 7.98. The van der Waals surface area contributed by atoms with E-state index in [1.54, 1.807) is 35.2 Å². The van der Waals surface area contributed by atoms with Gasteiger partial charge in [-0.25, -0.2) is 4.39 Å². The highest BCUT2D eigenvalue weighted by atomic mass is 32.2. The summed E-state index contributed by atoms with van der Waals surface area (Å²) >= 11 is 8.43. The summed E-state index contributed by atoms with van der Waals surface area (Å²) in [5.74, 6) is 1.85. The highest BCUT2D eigenvalue weighted by Crippen LogP contribution is 2.22. The summed E-state index contributed by atoms with van der Waals surface area (Å²) in [4.78, 5) is 13.1. The number of benzene rings is 1. The third kappa shape index (κ3) is 5.50. The molecule has 2 aromatic heterocycles. The van der Waals surface area contributed by atoms with Crippen molar-refractivity contribution in [3.8, 4) is 10.7 Å². The lowest BCUT2D eigenvalue weighted by Gasteiger charge is -2.07. The van der Waals surface area contributed by atoms with Crippen LogP contribution in [0.4, 0.5) is 4.39 Å². The molecule has 3 rings (SSSR count). The number of nitrogens with zero attached hydrogens (tertiary/aromatic N) is 2. The van der Waals surface area contributed by atoms with Crippen LogP contribution < -0.4 is 5.32 Å². The monoisotopic (exact) mass is 422 g/mol. The van der Waals surface area contributed by atoms with E-state index in [0.29, 0.717) is 35.6 Å². The van der Waals surface area contributed by atoms with E-state index in [-0.39, 0.29) is 11.7 Å². The van der Waals surface area contributed by atoms with Gasteiger partial charge in [0.2, 0.25) is 5.91 Å². The minimum Gasteiger partial charge on any atom is -0.355 e. The van der Waals surface area contributed by atoms with Gasteiger partial charge in [-0.3, -0.25) is 14.5 Å². The Morgan fingerprint density at radius 1 is 1.33 bits per heavy atom. The van der Waals surface area contributed by atoms with Crippen LogP contribution in [0.15, 0.2) is 41.8 Å². The number of nitrogens with one attached hydrogen (secondary N) is 2. The predicted octanol–water partition coefficient (Wildman–Crippen LogP) is 4.25. The molecule has 0 atom stereocenters. The van der Waals surface area contributed by atoms with Crippen LogP contribution >= 0.6 is 35.3 Å². The zero-order chi connectivity index (χ0) is 19.1. The first-order valence-electron chi connectivity index (χ1n) is 8.42. The molecule has 0 aliphatic heterocycles. The molecule has 2 heterocycles. The van der Waals surface area contributed by atoms with E-state index in [1.807, 2.05) is 28.1 Å². The number of hydrogen-bond donors (Lipinski definition) is 2. The summed E-state index contributed by atoms with van der Waals surface area (Å²) in [5, 5.41) is 11.9. The number of halogens is 1. The number of H-pyrrole nitrogens is 1. The summed E-state index contributed by atoms with van der Waals surface area (Å²) in [6, 6.07) is 10.7. The molecule has 0 radical (unpaired) electrons. The molecule has 2 N–H and O–H groups in total. The van der Waals surface area contributed by atoms with E-state index in [2.05, 4.69) is 15.5 Å². The zero-order valence-corrected chi connectivity index (χ0v) is 16.9. The maximum Gasteiger partial charge on any atom is 0.221 e. The minimum absolute atomic E-state index is 0.0401. The normalized spacial score (nSPS) is 10.9. The maximum atomic E-state index is 13.5. The second kappa shape index (κ2) is 9.82. The standard InChI is InChI=1S/C18H19FN4OS3/c19-14-5-2-1-4-13(14)12-26-11-8-20-16(24)7-9-23-17(21-22-18(23)25)15-6-3-10-27-15/h1-6,10H,7-9,11-12H2,(H,20,24)(H,22,25). The van der Waals surface area contributed by atoms with Crippen LogP contribution in [0.1, 0.15) is 12.0 Å². The SMILES string of the molecule is O=C(CCn1c(-c2cccs2)n[nH]c1=S)NCCSCc1ccccc1F. The van der Waals surface area contributed by atoms with Crippen molar-refractivity contribution in [1.82, 2.24) is 20.1 Å². The molecular formula is C18H19FN4OS3. The van der Waals surface area contributed by atoms with Gasteiger partial charge in [-0.15, -0.1) is 11.3 Å². The number of rotatable bonds is 9. The molecule has 0 unspecified atom stereocenters. The smallest absolute Gasteiger partial charge is 0.221 e. The molecule has 27 heavy (non-hydrogen) atoms. The Labute approximate surface area is 170 Å². The molecule has 9 heteroatoms. The molecule has 3 aromatic rings. The molecule has 0 spiro atoms. The summed E-state index contributed by atoms with van der Waals surface area (Å²) < 4.78 is 15.9. The van der Waals surface area contributed by atoms with Crippen molar-refractivity contribution < 1.29 is 9.18 Å². The fraction of sp³-hybridized carbons (Fsp3) is 0.278. The lowest BCUT2D eigenvalue weighted by molar-refractivity contribution is -0.121. The number of thioether (sulfide) groups is 1.